The number of piperidine rings is 1. The largest absolute Gasteiger partial charge is 0.463 e. The van der Waals surface area contributed by atoms with Gasteiger partial charge in [0.1, 0.15) is 0 Å². The quantitative estimate of drug-likeness (QED) is 0.685. The highest BCUT2D eigenvalue weighted by Crippen LogP contribution is 2.37. The molecular weight excluding hydrogens is 266 g/mol. The van der Waals surface area contributed by atoms with E-state index in [2.05, 4.69) is 17.0 Å². The maximum absolute atomic E-state index is 11.7. The average molecular weight is 289 g/mol. The van der Waals surface area contributed by atoms with E-state index in [0.29, 0.717) is 19.6 Å². The summed E-state index contributed by atoms with van der Waals surface area (Å²) < 4.78 is 4.97. The van der Waals surface area contributed by atoms with Crippen LogP contribution in [0.15, 0.2) is 42.0 Å². The number of β-amino-alcohol motifs (C(OH)–C–C–N with tert-alkyl or cyclic N) is 1. The minimum absolute atomic E-state index is 0.159. The number of esters is 1. The first kappa shape index (κ1) is 15.7. The zero-order valence-corrected chi connectivity index (χ0v) is 12.9. The summed E-state index contributed by atoms with van der Waals surface area (Å²) in [4.78, 5) is 13.8. The van der Waals surface area contributed by atoms with Crippen molar-refractivity contribution in [1.82, 2.24) is 4.90 Å². The van der Waals surface area contributed by atoms with E-state index in [4.69, 9.17) is 4.74 Å². The number of hydrogen-bond acceptors (Lipinski definition) is 4. The lowest BCUT2D eigenvalue weighted by molar-refractivity contribution is -0.137. The lowest BCUT2D eigenvalue weighted by atomic mass is 9.82. The van der Waals surface area contributed by atoms with Crippen molar-refractivity contribution in [2.24, 2.45) is 0 Å². The number of benzene rings is 1. The van der Waals surface area contributed by atoms with Crippen LogP contribution in [0.2, 0.25) is 0 Å². The number of likely N-dealkylation sites (tertiary alicyclic amines) is 1. The first-order valence-electron chi connectivity index (χ1n) is 7.29. The molecule has 0 aromatic heterocycles. The minimum Gasteiger partial charge on any atom is -0.463 e. The van der Waals surface area contributed by atoms with Crippen LogP contribution >= 0.6 is 0 Å². The van der Waals surface area contributed by atoms with Crippen molar-refractivity contribution < 1.29 is 14.6 Å². The molecule has 1 saturated heterocycles. The zero-order chi connectivity index (χ0) is 15.5. The van der Waals surface area contributed by atoms with Gasteiger partial charge in [-0.2, -0.15) is 0 Å². The molecule has 0 aliphatic carbocycles. The molecule has 1 aromatic rings. The third kappa shape index (κ3) is 3.71. The molecule has 0 spiro atoms. The van der Waals surface area contributed by atoms with Gasteiger partial charge in [-0.1, -0.05) is 30.3 Å². The van der Waals surface area contributed by atoms with Crippen LogP contribution in [0.5, 0.6) is 0 Å². The van der Waals surface area contributed by atoms with Gasteiger partial charge in [-0.15, -0.1) is 0 Å². The summed E-state index contributed by atoms with van der Waals surface area (Å²) in [5.74, 6) is -0.385. The van der Waals surface area contributed by atoms with Gasteiger partial charge in [0.25, 0.3) is 0 Å². The average Bonchev–Trinajstić information content (AvgIpc) is 2.42. The Morgan fingerprint density at radius 2 is 2.14 bits per heavy atom. The Bertz CT molecular complexity index is 522. The molecule has 4 heteroatoms. The molecule has 0 amide bonds. The van der Waals surface area contributed by atoms with Gasteiger partial charge < -0.3 is 9.84 Å². The van der Waals surface area contributed by atoms with E-state index >= 15 is 0 Å². The second kappa shape index (κ2) is 6.41. The van der Waals surface area contributed by atoms with Crippen molar-refractivity contribution in [2.75, 3.05) is 20.2 Å². The smallest absolute Gasteiger partial charge is 0.330 e. The molecule has 1 aromatic carbocycles. The molecule has 2 rings (SSSR count). The predicted molar refractivity (Wildman–Crippen MR) is 81.8 cm³/mol. The third-order valence-corrected chi connectivity index (χ3v) is 3.96. The van der Waals surface area contributed by atoms with Crippen molar-refractivity contribution in [3.05, 3.63) is 47.5 Å². The van der Waals surface area contributed by atoms with Crippen LogP contribution in [-0.4, -0.2) is 41.8 Å². The van der Waals surface area contributed by atoms with E-state index in [1.54, 1.807) is 13.8 Å². The van der Waals surface area contributed by atoms with Crippen LogP contribution in [0.3, 0.4) is 0 Å². The minimum atomic E-state index is -1.01. The van der Waals surface area contributed by atoms with Crippen LogP contribution in [0.4, 0.5) is 0 Å². The van der Waals surface area contributed by atoms with Gasteiger partial charge in [-0.25, -0.2) is 4.79 Å². The van der Waals surface area contributed by atoms with E-state index < -0.39 is 5.60 Å². The first-order valence-corrected chi connectivity index (χ1v) is 7.29. The van der Waals surface area contributed by atoms with Crippen LogP contribution in [0.1, 0.15) is 31.9 Å². The molecule has 114 valence electrons. The number of likely N-dealkylation sites (N-methyl/N-ethyl adjacent to an activating group) is 1. The van der Waals surface area contributed by atoms with Gasteiger partial charge in [0.05, 0.1) is 12.2 Å². The Hall–Kier alpha value is -1.65. The van der Waals surface area contributed by atoms with Gasteiger partial charge >= 0.3 is 5.97 Å². The van der Waals surface area contributed by atoms with Gasteiger partial charge in [0, 0.05) is 18.7 Å². The number of rotatable bonds is 3. The summed E-state index contributed by atoms with van der Waals surface area (Å²) in [6.07, 6.45) is 2.07. The molecule has 2 unspecified atom stereocenters. The monoisotopic (exact) mass is 289 g/mol. The van der Waals surface area contributed by atoms with Gasteiger partial charge in [-0.3, -0.25) is 4.90 Å². The second-order valence-electron chi connectivity index (χ2n) is 5.74. The summed E-state index contributed by atoms with van der Waals surface area (Å²) in [6, 6.07) is 10.3. The van der Waals surface area contributed by atoms with E-state index in [9.17, 15) is 9.90 Å². The van der Waals surface area contributed by atoms with Crippen LogP contribution in [-0.2, 0) is 9.53 Å². The third-order valence-electron chi connectivity index (χ3n) is 3.96. The van der Waals surface area contributed by atoms with Crippen molar-refractivity contribution >= 4 is 5.97 Å². The van der Waals surface area contributed by atoms with Crippen molar-refractivity contribution in [3.8, 4) is 0 Å². The van der Waals surface area contributed by atoms with Gasteiger partial charge in [0.15, 0.2) is 0 Å². The van der Waals surface area contributed by atoms with Crippen LogP contribution in [0, 0.1) is 0 Å². The summed E-state index contributed by atoms with van der Waals surface area (Å²) in [6.45, 7) is 4.34. The number of carbonyl (C=O) groups is 1. The number of nitrogens with zero attached hydrogens (tertiary/aromatic N) is 1. The number of hydrogen-bond donors (Lipinski definition) is 1. The molecule has 21 heavy (non-hydrogen) atoms. The fourth-order valence-corrected chi connectivity index (χ4v) is 2.87. The molecule has 2 atom stereocenters. The Balaban J connectivity index is 2.26. The normalized spacial score (nSPS) is 28.6. The maximum atomic E-state index is 11.7. The Morgan fingerprint density at radius 1 is 1.48 bits per heavy atom. The topological polar surface area (TPSA) is 49.8 Å². The highest BCUT2D eigenvalue weighted by atomic mass is 16.5. The SMILES string of the molecule is CCOC(=O)C=C1CC(c2ccccc2)N(C)CC1(C)O. The Labute approximate surface area is 126 Å². The van der Waals surface area contributed by atoms with E-state index in [0.717, 1.165) is 5.57 Å². The van der Waals surface area contributed by atoms with E-state index in [-0.39, 0.29) is 12.0 Å². The van der Waals surface area contributed by atoms with Crippen molar-refractivity contribution in [3.63, 3.8) is 0 Å². The summed E-state index contributed by atoms with van der Waals surface area (Å²) in [5, 5.41) is 10.6. The molecular formula is C17H23NO3. The molecule has 0 radical (unpaired) electrons. The molecule has 0 saturated carbocycles. The highest BCUT2D eigenvalue weighted by molar-refractivity contribution is 5.83. The van der Waals surface area contributed by atoms with Gasteiger partial charge in [-0.05, 0) is 38.5 Å². The molecule has 1 N–H and O–H groups in total. The molecule has 4 nitrogen and oxygen atoms in total. The maximum Gasteiger partial charge on any atom is 0.330 e. The lowest BCUT2D eigenvalue weighted by Crippen LogP contribution is -2.47. The number of aliphatic hydroxyl groups is 1. The molecule has 1 aliphatic rings. The molecule has 1 aliphatic heterocycles. The summed E-state index contributed by atoms with van der Waals surface area (Å²) in [5.41, 5.74) is 0.908. The van der Waals surface area contributed by atoms with Crippen molar-refractivity contribution in [2.45, 2.75) is 31.9 Å². The first-order chi connectivity index (χ1) is 9.94. The van der Waals surface area contributed by atoms with Crippen molar-refractivity contribution in [1.29, 1.82) is 0 Å². The van der Waals surface area contributed by atoms with E-state index in [1.165, 1.54) is 11.6 Å². The highest BCUT2D eigenvalue weighted by Gasteiger charge is 2.37. The lowest BCUT2D eigenvalue weighted by Gasteiger charge is -2.42. The zero-order valence-electron chi connectivity index (χ0n) is 12.9. The number of ether oxygens (including phenoxy) is 1. The molecule has 1 heterocycles. The van der Waals surface area contributed by atoms with Crippen LogP contribution < -0.4 is 0 Å². The van der Waals surface area contributed by atoms with Crippen LogP contribution in [0.25, 0.3) is 0 Å². The fraction of sp³-hybridized carbons (Fsp3) is 0.471. The summed E-state index contributed by atoms with van der Waals surface area (Å²) >= 11 is 0. The predicted octanol–water partition coefficient (Wildman–Crippen LogP) is 2.30. The standard InChI is InChI=1S/C17H23NO3/c1-4-21-16(19)11-14-10-15(13-8-6-5-7-9-13)18(3)12-17(14,2)20/h5-9,11,15,20H,4,10,12H2,1-3H3. The molecule has 0 bridgehead atoms. The number of carbonyl (C=O) groups excluding carboxylic acids is 1. The Kier molecular flexibility index (Phi) is 4.80. The van der Waals surface area contributed by atoms with E-state index in [1.807, 2.05) is 25.2 Å². The van der Waals surface area contributed by atoms with Gasteiger partial charge in [0.2, 0.25) is 0 Å². The fourth-order valence-electron chi connectivity index (χ4n) is 2.87. The second-order valence-corrected chi connectivity index (χ2v) is 5.74. The summed E-state index contributed by atoms with van der Waals surface area (Å²) in [7, 11) is 1.99. The Morgan fingerprint density at radius 3 is 2.76 bits per heavy atom. The molecule has 1 fully saturated rings.